The largest absolute Gasteiger partial charge is 0.478 e. The summed E-state index contributed by atoms with van der Waals surface area (Å²) in [5.41, 5.74) is -0.219. The van der Waals surface area contributed by atoms with Crippen LogP contribution < -0.4 is 0 Å². The number of halogens is 1. The molecular formula is C10H11ClO6S2. The van der Waals surface area contributed by atoms with Crippen LogP contribution in [-0.2, 0) is 19.7 Å². The van der Waals surface area contributed by atoms with Crippen LogP contribution in [0.1, 0.15) is 10.4 Å². The van der Waals surface area contributed by atoms with E-state index in [9.17, 15) is 21.6 Å². The Kier molecular flexibility index (Phi) is 4.59. The maximum absolute atomic E-state index is 11.8. The lowest BCUT2D eigenvalue weighted by atomic mass is 10.2. The molecule has 0 amide bonds. The predicted molar refractivity (Wildman–Crippen MR) is 70.2 cm³/mol. The van der Waals surface area contributed by atoms with Gasteiger partial charge in [0.25, 0.3) is 0 Å². The van der Waals surface area contributed by atoms with Crippen LogP contribution in [0.2, 0.25) is 5.02 Å². The van der Waals surface area contributed by atoms with Gasteiger partial charge in [-0.3, -0.25) is 0 Å². The Bertz CT molecular complexity index is 706. The van der Waals surface area contributed by atoms with Crippen molar-refractivity contribution in [3.63, 3.8) is 0 Å². The van der Waals surface area contributed by atoms with E-state index in [0.717, 1.165) is 24.5 Å². The zero-order chi connectivity index (χ0) is 14.8. The molecule has 0 bridgehead atoms. The Morgan fingerprint density at radius 3 is 2.21 bits per heavy atom. The first-order valence-corrected chi connectivity index (χ1v) is 9.05. The second-order valence-corrected chi connectivity index (χ2v) is 8.67. The number of carboxylic acid groups (broad SMARTS) is 1. The van der Waals surface area contributed by atoms with Crippen LogP contribution in [0.4, 0.5) is 0 Å². The first kappa shape index (κ1) is 15.9. The van der Waals surface area contributed by atoms with Gasteiger partial charge in [-0.1, -0.05) is 11.6 Å². The molecule has 0 saturated carbocycles. The van der Waals surface area contributed by atoms with Crippen molar-refractivity contribution in [1.82, 2.24) is 0 Å². The zero-order valence-corrected chi connectivity index (χ0v) is 12.2. The molecule has 6 nitrogen and oxygen atoms in total. The van der Waals surface area contributed by atoms with Gasteiger partial charge in [0.15, 0.2) is 9.84 Å². The number of hydrogen-bond donors (Lipinski definition) is 1. The number of aromatic carboxylic acids is 1. The average molecular weight is 327 g/mol. The van der Waals surface area contributed by atoms with E-state index >= 15 is 0 Å². The van der Waals surface area contributed by atoms with Gasteiger partial charge in [-0.05, 0) is 18.2 Å². The molecule has 0 unspecified atom stereocenters. The minimum atomic E-state index is -3.81. The number of rotatable bonds is 5. The third-order valence-electron chi connectivity index (χ3n) is 2.25. The Hall–Kier alpha value is -1.12. The van der Waals surface area contributed by atoms with Crippen LogP contribution in [-0.4, -0.2) is 45.7 Å². The summed E-state index contributed by atoms with van der Waals surface area (Å²) in [5.74, 6) is -2.35. The highest BCUT2D eigenvalue weighted by atomic mass is 35.5. The van der Waals surface area contributed by atoms with Crippen LogP contribution in [0.3, 0.4) is 0 Å². The molecule has 1 aromatic carbocycles. The van der Waals surface area contributed by atoms with Crippen LogP contribution in [0.25, 0.3) is 0 Å². The van der Waals surface area contributed by atoms with Gasteiger partial charge < -0.3 is 5.11 Å². The van der Waals surface area contributed by atoms with Gasteiger partial charge in [-0.15, -0.1) is 0 Å². The molecule has 0 heterocycles. The highest BCUT2D eigenvalue weighted by molar-refractivity contribution is 7.94. The fraction of sp³-hybridized carbons (Fsp3) is 0.300. The summed E-state index contributed by atoms with van der Waals surface area (Å²) < 4.78 is 45.6. The smallest absolute Gasteiger partial charge is 0.337 e. The summed E-state index contributed by atoms with van der Waals surface area (Å²) in [6, 6.07) is 3.16. The van der Waals surface area contributed by atoms with Gasteiger partial charge in [0, 0.05) is 6.26 Å². The van der Waals surface area contributed by atoms with Crippen LogP contribution in [0.5, 0.6) is 0 Å². The number of carbonyl (C=O) groups is 1. The number of benzene rings is 1. The third-order valence-corrected chi connectivity index (χ3v) is 5.48. The fourth-order valence-electron chi connectivity index (χ4n) is 1.24. The van der Waals surface area contributed by atoms with Gasteiger partial charge in [0.2, 0.25) is 0 Å². The minimum absolute atomic E-state index is 0.203. The molecule has 19 heavy (non-hydrogen) atoms. The molecular weight excluding hydrogens is 316 g/mol. The molecule has 0 spiro atoms. The molecule has 0 atom stereocenters. The summed E-state index contributed by atoms with van der Waals surface area (Å²) in [5, 5.41) is 8.54. The third kappa shape index (κ3) is 4.48. The Morgan fingerprint density at radius 1 is 1.21 bits per heavy atom. The molecule has 1 aromatic rings. The van der Waals surface area contributed by atoms with Gasteiger partial charge in [-0.2, -0.15) is 0 Å². The van der Waals surface area contributed by atoms with Crippen molar-refractivity contribution in [2.75, 3.05) is 17.8 Å². The van der Waals surface area contributed by atoms with Crippen molar-refractivity contribution in [1.29, 1.82) is 0 Å². The van der Waals surface area contributed by atoms with E-state index in [0.29, 0.717) is 0 Å². The summed E-state index contributed by atoms with van der Waals surface area (Å²) in [4.78, 5) is 10.5. The fourth-order valence-corrected chi connectivity index (χ4v) is 4.46. The highest BCUT2D eigenvalue weighted by Gasteiger charge is 2.19. The lowest BCUT2D eigenvalue weighted by Crippen LogP contribution is -2.16. The number of carboxylic acids is 1. The van der Waals surface area contributed by atoms with E-state index in [4.69, 9.17) is 16.7 Å². The SMILES string of the molecule is CS(=O)(=O)CCS(=O)(=O)c1ccc(C(=O)O)c(Cl)c1. The Morgan fingerprint density at radius 2 is 1.79 bits per heavy atom. The van der Waals surface area contributed by atoms with Gasteiger partial charge in [-0.25, -0.2) is 21.6 Å². The first-order chi connectivity index (χ1) is 8.53. The molecule has 0 aliphatic heterocycles. The van der Waals surface area contributed by atoms with Crippen LogP contribution >= 0.6 is 11.6 Å². The second kappa shape index (κ2) is 5.48. The van der Waals surface area contributed by atoms with E-state index in [1.54, 1.807) is 0 Å². The van der Waals surface area contributed by atoms with Crippen LogP contribution in [0, 0.1) is 0 Å². The predicted octanol–water partition coefficient (Wildman–Crippen LogP) is 0.857. The van der Waals surface area contributed by atoms with E-state index in [-0.39, 0.29) is 15.5 Å². The van der Waals surface area contributed by atoms with Crippen molar-refractivity contribution < 1.29 is 26.7 Å². The Labute approximate surface area is 115 Å². The normalized spacial score (nSPS) is 12.3. The monoisotopic (exact) mass is 326 g/mol. The summed E-state index contributed by atoms with van der Waals surface area (Å²) in [6.07, 6.45) is 0.934. The van der Waals surface area contributed by atoms with Gasteiger partial charge in [0.1, 0.15) is 9.84 Å². The van der Waals surface area contributed by atoms with E-state index in [1.807, 2.05) is 0 Å². The maximum Gasteiger partial charge on any atom is 0.337 e. The van der Waals surface area contributed by atoms with E-state index in [2.05, 4.69) is 0 Å². The van der Waals surface area contributed by atoms with Crippen molar-refractivity contribution in [3.8, 4) is 0 Å². The maximum atomic E-state index is 11.8. The summed E-state index contributed by atoms with van der Waals surface area (Å²) in [6.45, 7) is 0. The van der Waals surface area contributed by atoms with Crippen molar-refractivity contribution in [2.24, 2.45) is 0 Å². The summed E-state index contributed by atoms with van der Waals surface area (Å²) in [7, 11) is -7.22. The lowest BCUT2D eigenvalue weighted by molar-refractivity contribution is 0.0697. The molecule has 9 heteroatoms. The zero-order valence-electron chi connectivity index (χ0n) is 9.83. The molecule has 1 rings (SSSR count). The van der Waals surface area contributed by atoms with Crippen molar-refractivity contribution in [2.45, 2.75) is 4.90 Å². The molecule has 0 saturated heterocycles. The van der Waals surface area contributed by atoms with Gasteiger partial charge >= 0.3 is 5.97 Å². The molecule has 0 radical (unpaired) electrons. The number of sulfone groups is 2. The van der Waals surface area contributed by atoms with E-state index in [1.165, 1.54) is 0 Å². The molecule has 0 aliphatic rings. The standard InChI is InChI=1S/C10H11ClO6S2/c1-18(14,15)4-5-19(16,17)7-2-3-8(10(12)13)9(11)6-7/h2-3,6H,4-5H2,1H3,(H,12,13). The van der Waals surface area contributed by atoms with Gasteiger partial charge in [0.05, 0.1) is 27.0 Å². The molecule has 0 aliphatic carbocycles. The summed E-state index contributed by atoms with van der Waals surface area (Å²) >= 11 is 5.66. The quantitative estimate of drug-likeness (QED) is 0.860. The van der Waals surface area contributed by atoms with Crippen molar-refractivity contribution >= 4 is 37.2 Å². The molecule has 0 aromatic heterocycles. The topological polar surface area (TPSA) is 106 Å². The average Bonchev–Trinajstić information content (AvgIpc) is 2.25. The second-order valence-electron chi connectivity index (χ2n) is 3.90. The molecule has 1 N–H and O–H groups in total. The van der Waals surface area contributed by atoms with Crippen LogP contribution in [0.15, 0.2) is 23.1 Å². The minimum Gasteiger partial charge on any atom is -0.478 e. The van der Waals surface area contributed by atoms with Crippen molar-refractivity contribution in [3.05, 3.63) is 28.8 Å². The lowest BCUT2D eigenvalue weighted by Gasteiger charge is -2.05. The molecule has 0 fully saturated rings. The number of hydrogen-bond acceptors (Lipinski definition) is 5. The van der Waals surface area contributed by atoms with E-state index < -0.39 is 37.1 Å². The first-order valence-electron chi connectivity index (χ1n) is 4.96. The Balaban J connectivity index is 3.10. The highest BCUT2D eigenvalue weighted by Crippen LogP contribution is 2.21. The molecule has 106 valence electrons.